The van der Waals surface area contributed by atoms with Gasteiger partial charge >= 0.3 is 13.3 Å². The summed E-state index contributed by atoms with van der Waals surface area (Å²) in [6, 6.07) is 1.26. The molecule has 2 aromatic rings. The number of aromatic nitrogens is 2. The highest BCUT2D eigenvalue weighted by Gasteiger charge is 2.22. The van der Waals surface area contributed by atoms with Crippen LogP contribution in [0.1, 0.15) is 6.92 Å². The average Bonchev–Trinajstić information content (AvgIpc) is 2.45. The molecule has 0 saturated carbocycles. The number of fused-ring (bicyclic) bond motifs is 1. The third-order valence-electron chi connectivity index (χ3n) is 2.49. The van der Waals surface area contributed by atoms with Gasteiger partial charge in [-0.05, 0) is 0 Å². The first kappa shape index (κ1) is 15.9. The SMILES string of the molecule is CC(=O)OCCOc1c(OB(O)O)cc2nccnc2c1F. The highest BCUT2D eigenvalue weighted by atomic mass is 19.1. The zero-order valence-corrected chi connectivity index (χ0v) is 11.5. The molecule has 2 rings (SSSR count). The van der Waals surface area contributed by atoms with Crippen molar-refractivity contribution in [1.29, 1.82) is 0 Å². The topological polar surface area (TPSA) is 111 Å². The van der Waals surface area contributed by atoms with E-state index in [9.17, 15) is 9.18 Å². The van der Waals surface area contributed by atoms with Gasteiger partial charge in [0.15, 0.2) is 17.3 Å². The molecule has 116 valence electrons. The standard InChI is InChI=1S/C12H12BFN2O6/c1-7(17)20-4-5-21-12-9(22-13(18)19)6-8-11(10(12)14)16-3-2-15-8/h2-3,6,18-19H,4-5H2,1H3. The van der Waals surface area contributed by atoms with Gasteiger partial charge in [-0.25, -0.2) is 9.37 Å². The van der Waals surface area contributed by atoms with Crippen LogP contribution in [0.4, 0.5) is 4.39 Å². The van der Waals surface area contributed by atoms with Crippen LogP contribution in [-0.2, 0) is 9.53 Å². The van der Waals surface area contributed by atoms with E-state index in [1.54, 1.807) is 0 Å². The van der Waals surface area contributed by atoms with Crippen molar-refractivity contribution in [3.63, 3.8) is 0 Å². The van der Waals surface area contributed by atoms with Crippen LogP contribution in [0, 0.1) is 5.82 Å². The lowest BCUT2D eigenvalue weighted by atomic mass is 10.2. The predicted octanol–water partition coefficient (Wildman–Crippen LogP) is 0.0591. The Morgan fingerprint density at radius 3 is 2.73 bits per heavy atom. The maximum absolute atomic E-state index is 14.4. The van der Waals surface area contributed by atoms with Gasteiger partial charge in [0, 0.05) is 25.4 Å². The molecule has 0 saturated heterocycles. The van der Waals surface area contributed by atoms with Crippen LogP contribution in [0.15, 0.2) is 18.5 Å². The van der Waals surface area contributed by atoms with Crippen molar-refractivity contribution >= 4 is 24.3 Å². The van der Waals surface area contributed by atoms with Crippen molar-refractivity contribution in [3.05, 3.63) is 24.3 Å². The van der Waals surface area contributed by atoms with E-state index in [1.807, 2.05) is 0 Å². The van der Waals surface area contributed by atoms with Gasteiger partial charge in [0.25, 0.3) is 0 Å². The molecule has 0 aliphatic heterocycles. The summed E-state index contributed by atoms with van der Waals surface area (Å²) >= 11 is 0. The van der Waals surface area contributed by atoms with Crippen molar-refractivity contribution < 1.29 is 33.4 Å². The summed E-state index contributed by atoms with van der Waals surface area (Å²) in [5, 5.41) is 17.8. The summed E-state index contributed by atoms with van der Waals surface area (Å²) in [6.45, 7) is 0.970. The average molecular weight is 310 g/mol. The number of carbonyl (C=O) groups excluding carboxylic acids is 1. The lowest BCUT2D eigenvalue weighted by Gasteiger charge is -2.14. The van der Waals surface area contributed by atoms with Crippen molar-refractivity contribution in [1.82, 2.24) is 9.97 Å². The summed E-state index contributed by atoms with van der Waals surface area (Å²) in [4.78, 5) is 18.4. The fourth-order valence-corrected chi connectivity index (χ4v) is 1.69. The minimum absolute atomic E-state index is 0.0650. The van der Waals surface area contributed by atoms with E-state index in [1.165, 1.54) is 25.4 Å². The lowest BCUT2D eigenvalue weighted by molar-refractivity contribution is -0.141. The second-order valence-corrected chi connectivity index (χ2v) is 4.07. The summed E-state index contributed by atoms with van der Waals surface area (Å²) < 4.78 is 28.9. The number of ether oxygens (including phenoxy) is 2. The van der Waals surface area contributed by atoms with Crippen LogP contribution in [0.3, 0.4) is 0 Å². The van der Waals surface area contributed by atoms with Gasteiger partial charge in [0.2, 0.25) is 0 Å². The second-order valence-electron chi connectivity index (χ2n) is 4.07. The molecular weight excluding hydrogens is 298 g/mol. The van der Waals surface area contributed by atoms with Crippen molar-refractivity contribution in [2.45, 2.75) is 6.92 Å². The molecule has 0 bridgehead atoms. The maximum Gasteiger partial charge on any atom is 0.707 e. The Morgan fingerprint density at radius 2 is 2.05 bits per heavy atom. The van der Waals surface area contributed by atoms with E-state index < -0.39 is 19.1 Å². The number of benzene rings is 1. The first-order valence-electron chi connectivity index (χ1n) is 6.21. The molecule has 0 atom stereocenters. The third kappa shape index (κ3) is 3.80. The predicted molar refractivity (Wildman–Crippen MR) is 72.4 cm³/mol. The Kier molecular flexibility index (Phi) is 5.07. The smallest absolute Gasteiger partial charge is 0.509 e. The quantitative estimate of drug-likeness (QED) is 0.438. The van der Waals surface area contributed by atoms with Gasteiger partial charge in [0.1, 0.15) is 18.7 Å². The fourth-order valence-electron chi connectivity index (χ4n) is 1.69. The van der Waals surface area contributed by atoms with Crippen LogP contribution in [-0.4, -0.2) is 46.5 Å². The van der Waals surface area contributed by atoms with Gasteiger partial charge in [-0.1, -0.05) is 0 Å². The number of hydrogen-bond acceptors (Lipinski definition) is 8. The van der Waals surface area contributed by atoms with Crippen molar-refractivity contribution in [2.75, 3.05) is 13.2 Å². The number of rotatable bonds is 6. The summed E-state index contributed by atoms with van der Waals surface area (Å²) in [7, 11) is -2.16. The molecule has 1 aromatic heterocycles. The first-order valence-corrected chi connectivity index (χ1v) is 6.21. The molecular formula is C12H12BFN2O6. The molecule has 0 radical (unpaired) electrons. The normalized spacial score (nSPS) is 10.4. The number of hydrogen-bond donors (Lipinski definition) is 2. The molecule has 1 aromatic carbocycles. The zero-order valence-electron chi connectivity index (χ0n) is 11.5. The number of esters is 1. The van der Waals surface area contributed by atoms with Gasteiger partial charge in [-0.15, -0.1) is 0 Å². The number of nitrogens with zero attached hydrogens (tertiary/aromatic N) is 2. The van der Waals surface area contributed by atoms with Gasteiger partial charge in [-0.2, -0.15) is 0 Å². The Balaban J connectivity index is 2.31. The zero-order chi connectivity index (χ0) is 16.1. The first-order chi connectivity index (χ1) is 10.5. The Morgan fingerprint density at radius 1 is 1.32 bits per heavy atom. The third-order valence-corrected chi connectivity index (χ3v) is 2.49. The highest BCUT2D eigenvalue weighted by molar-refractivity contribution is 6.33. The van der Waals surface area contributed by atoms with Crippen LogP contribution < -0.4 is 9.39 Å². The largest absolute Gasteiger partial charge is 0.707 e. The maximum atomic E-state index is 14.4. The van der Waals surface area contributed by atoms with E-state index in [2.05, 4.69) is 19.4 Å². The minimum atomic E-state index is -2.16. The molecule has 0 unspecified atom stereocenters. The monoisotopic (exact) mass is 310 g/mol. The molecule has 0 amide bonds. The van der Waals surface area contributed by atoms with Gasteiger partial charge < -0.3 is 24.2 Å². The van der Waals surface area contributed by atoms with E-state index in [4.69, 9.17) is 14.8 Å². The highest BCUT2D eigenvalue weighted by Crippen LogP contribution is 2.35. The Labute approximate surface area is 124 Å². The van der Waals surface area contributed by atoms with E-state index in [0.717, 1.165) is 0 Å². The van der Waals surface area contributed by atoms with E-state index >= 15 is 0 Å². The summed E-state index contributed by atoms with van der Waals surface area (Å²) in [6.07, 6.45) is 2.65. The van der Waals surface area contributed by atoms with Gasteiger partial charge in [-0.3, -0.25) is 9.78 Å². The fraction of sp³-hybridized carbons (Fsp3) is 0.250. The molecule has 0 aliphatic rings. The van der Waals surface area contributed by atoms with E-state index in [0.29, 0.717) is 0 Å². The molecule has 0 aliphatic carbocycles. The van der Waals surface area contributed by atoms with Crippen LogP contribution in [0.5, 0.6) is 11.5 Å². The van der Waals surface area contributed by atoms with Gasteiger partial charge in [0.05, 0.1) is 5.52 Å². The molecule has 1 heterocycles. The molecule has 2 N–H and O–H groups in total. The molecule has 22 heavy (non-hydrogen) atoms. The Bertz CT molecular complexity index is 684. The number of halogens is 1. The molecule has 8 nitrogen and oxygen atoms in total. The molecule has 0 spiro atoms. The van der Waals surface area contributed by atoms with Crippen LogP contribution >= 0.6 is 0 Å². The van der Waals surface area contributed by atoms with Crippen LogP contribution in [0.2, 0.25) is 0 Å². The number of carbonyl (C=O) groups is 1. The molecule has 0 fully saturated rings. The summed E-state index contributed by atoms with van der Waals surface area (Å²) in [5.74, 6) is -2.02. The lowest BCUT2D eigenvalue weighted by Crippen LogP contribution is -2.21. The summed E-state index contributed by atoms with van der Waals surface area (Å²) in [5.41, 5.74) is 0.0905. The van der Waals surface area contributed by atoms with Crippen LogP contribution in [0.25, 0.3) is 11.0 Å². The van der Waals surface area contributed by atoms with Crippen molar-refractivity contribution in [3.8, 4) is 11.5 Å². The molecule has 10 heteroatoms. The second kappa shape index (κ2) is 7.01. The minimum Gasteiger partial charge on any atom is -0.509 e. The van der Waals surface area contributed by atoms with Crippen molar-refractivity contribution in [2.24, 2.45) is 0 Å². The Hall–Kier alpha value is -2.46. The van der Waals surface area contributed by atoms with E-state index in [-0.39, 0.29) is 35.7 Å².